The van der Waals surface area contributed by atoms with E-state index in [0.717, 1.165) is 25.4 Å². The zero-order chi connectivity index (χ0) is 11.3. The second kappa shape index (κ2) is 5.86. The van der Waals surface area contributed by atoms with Crippen LogP contribution < -0.4 is 5.32 Å². The van der Waals surface area contributed by atoms with Gasteiger partial charge >= 0.3 is 0 Å². The molecule has 1 saturated carbocycles. The third-order valence-electron chi connectivity index (χ3n) is 4.06. The van der Waals surface area contributed by atoms with Crippen molar-refractivity contribution >= 4 is 0 Å². The standard InChI is InChI=1S/C13H27NO/c1-4-11(9-15)8-14-10-13(2,3)12-6-5-7-12/h11-12,14-15H,4-10H2,1-3H3. The Kier molecular flexibility index (Phi) is 5.07. The summed E-state index contributed by atoms with van der Waals surface area (Å²) in [7, 11) is 0. The van der Waals surface area contributed by atoms with Crippen LogP contribution in [0.1, 0.15) is 46.5 Å². The van der Waals surface area contributed by atoms with Crippen molar-refractivity contribution in [2.75, 3.05) is 19.7 Å². The lowest BCUT2D eigenvalue weighted by Gasteiger charge is -2.40. The fourth-order valence-electron chi connectivity index (χ4n) is 2.27. The maximum Gasteiger partial charge on any atom is 0.0471 e. The predicted molar refractivity (Wildman–Crippen MR) is 64.9 cm³/mol. The van der Waals surface area contributed by atoms with Crippen molar-refractivity contribution < 1.29 is 5.11 Å². The molecule has 2 heteroatoms. The van der Waals surface area contributed by atoms with E-state index in [2.05, 4.69) is 26.1 Å². The molecule has 1 aliphatic rings. The summed E-state index contributed by atoms with van der Waals surface area (Å²) in [6.45, 7) is 9.23. The van der Waals surface area contributed by atoms with Gasteiger partial charge in [-0.1, -0.05) is 27.2 Å². The molecule has 0 bridgehead atoms. The second-order valence-corrected chi connectivity index (χ2v) is 5.70. The number of hydrogen-bond donors (Lipinski definition) is 2. The number of rotatable bonds is 7. The lowest BCUT2D eigenvalue weighted by atomic mass is 9.67. The Labute approximate surface area is 94.5 Å². The summed E-state index contributed by atoms with van der Waals surface area (Å²) in [5.74, 6) is 1.35. The van der Waals surface area contributed by atoms with Crippen molar-refractivity contribution in [1.82, 2.24) is 5.32 Å². The van der Waals surface area contributed by atoms with Crippen LogP contribution >= 0.6 is 0 Å². The van der Waals surface area contributed by atoms with E-state index in [9.17, 15) is 0 Å². The van der Waals surface area contributed by atoms with E-state index >= 15 is 0 Å². The van der Waals surface area contributed by atoms with Crippen LogP contribution in [0, 0.1) is 17.3 Å². The molecule has 0 aliphatic heterocycles. The Hall–Kier alpha value is -0.0800. The molecule has 1 atom stereocenters. The Morgan fingerprint density at radius 3 is 2.47 bits per heavy atom. The summed E-state index contributed by atoms with van der Waals surface area (Å²) in [5, 5.41) is 12.6. The van der Waals surface area contributed by atoms with E-state index in [-0.39, 0.29) is 0 Å². The van der Waals surface area contributed by atoms with Gasteiger partial charge in [0, 0.05) is 19.7 Å². The number of nitrogens with one attached hydrogen (secondary N) is 1. The van der Waals surface area contributed by atoms with E-state index in [1.807, 2.05) is 0 Å². The molecule has 0 spiro atoms. The van der Waals surface area contributed by atoms with Gasteiger partial charge in [-0.15, -0.1) is 0 Å². The van der Waals surface area contributed by atoms with Gasteiger partial charge in [0.15, 0.2) is 0 Å². The van der Waals surface area contributed by atoms with Gasteiger partial charge in [0.05, 0.1) is 0 Å². The quantitative estimate of drug-likeness (QED) is 0.681. The molecule has 90 valence electrons. The van der Waals surface area contributed by atoms with E-state index in [1.165, 1.54) is 19.3 Å². The normalized spacial score (nSPS) is 20.0. The van der Waals surface area contributed by atoms with Crippen molar-refractivity contribution in [3.8, 4) is 0 Å². The third-order valence-corrected chi connectivity index (χ3v) is 4.06. The van der Waals surface area contributed by atoms with Crippen molar-refractivity contribution in [3.63, 3.8) is 0 Å². The molecule has 2 N–H and O–H groups in total. The van der Waals surface area contributed by atoms with Gasteiger partial charge < -0.3 is 10.4 Å². The monoisotopic (exact) mass is 213 g/mol. The molecular formula is C13H27NO. The summed E-state index contributed by atoms with van der Waals surface area (Å²) in [6, 6.07) is 0. The highest BCUT2D eigenvalue weighted by Gasteiger charge is 2.33. The SMILES string of the molecule is CCC(CO)CNCC(C)(C)C1CCC1. The summed E-state index contributed by atoms with van der Waals surface area (Å²) in [6.07, 6.45) is 5.30. The summed E-state index contributed by atoms with van der Waals surface area (Å²) in [5.41, 5.74) is 0.437. The van der Waals surface area contributed by atoms with E-state index in [4.69, 9.17) is 5.11 Å². The lowest BCUT2D eigenvalue weighted by molar-refractivity contribution is 0.115. The molecule has 0 amide bonds. The average Bonchev–Trinajstić information content (AvgIpc) is 2.08. The van der Waals surface area contributed by atoms with Crippen LogP contribution in [0.15, 0.2) is 0 Å². The van der Waals surface area contributed by atoms with Gasteiger partial charge in [-0.2, -0.15) is 0 Å². The van der Waals surface area contributed by atoms with Gasteiger partial charge in [0.2, 0.25) is 0 Å². The lowest BCUT2D eigenvalue weighted by Crippen LogP contribution is -2.40. The highest BCUT2D eigenvalue weighted by Crippen LogP contribution is 2.41. The maximum absolute atomic E-state index is 9.08. The first-order valence-corrected chi connectivity index (χ1v) is 6.41. The average molecular weight is 213 g/mol. The highest BCUT2D eigenvalue weighted by molar-refractivity contribution is 4.86. The first kappa shape index (κ1) is 13.0. The Morgan fingerprint density at radius 1 is 1.40 bits per heavy atom. The number of aliphatic hydroxyl groups excluding tert-OH is 1. The van der Waals surface area contributed by atoms with Gasteiger partial charge in [-0.3, -0.25) is 0 Å². The molecule has 0 aromatic carbocycles. The fourth-order valence-corrected chi connectivity index (χ4v) is 2.27. The van der Waals surface area contributed by atoms with E-state index in [1.54, 1.807) is 0 Å². The first-order chi connectivity index (χ1) is 7.10. The summed E-state index contributed by atoms with van der Waals surface area (Å²) >= 11 is 0. The van der Waals surface area contributed by atoms with Crippen LogP contribution in [0.2, 0.25) is 0 Å². The van der Waals surface area contributed by atoms with Crippen LogP contribution in [-0.2, 0) is 0 Å². The Balaban J connectivity index is 2.17. The number of hydrogen-bond acceptors (Lipinski definition) is 2. The minimum Gasteiger partial charge on any atom is -0.396 e. The fraction of sp³-hybridized carbons (Fsp3) is 1.00. The van der Waals surface area contributed by atoms with E-state index < -0.39 is 0 Å². The van der Waals surface area contributed by atoms with Crippen LogP contribution in [-0.4, -0.2) is 24.8 Å². The van der Waals surface area contributed by atoms with Crippen LogP contribution in [0.25, 0.3) is 0 Å². The molecule has 0 heterocycles. The molecule has 1 aliphatic carbocycles. The Morgan fingerprint density at radius 2 is 2.07 bits per heavy atom. The molecular weight excluding hydrogens is 186 g/mol. The minimum atomic E-state index is 0.313. The van der Waals surface area contributed by atoms with Crippen LogP contribution in [0.4, 0.5) is 0 Å². The first-order valence-electron chi connectivity index (χ1n) is 6.41. The molecule has 0 saturated heterocycles. The largest absolute Gasteiger partial charge is 0.396 e. The Bertz CT molecular complexity index is 171. The molecule has 0 radical (unpaired) electrons. The summed E-state index contributed by atoms with van der Waals surface area (Å²) < 4.78 is 0. The van der Waals surface area contributed by atoms with Crippen LogP contribution in [0.3, 0.4) is 0 Å². The van der Waals surface area contributed by atoms with E-state index in [0.29, 0.717) is 17.9 Å². The molecule has 1 unspecified atom stereocenters. The van der Waals surface area contributed by atoms with Crippen molar-refractivity contribution in [1.29, 1.82) is 0 Å². The zero-order valence-electron chi connectivity index (χ0n) is 10.6. The molecule has 0 aromatic rings. The van der Waals surface area contributed by atoms with Crippen molar-refractivity contribution in [2.24, 2.45) is 17.3 Å². The summed E-state index contributed by atoms with van der Waals surface area (Å²) in [4.78, 5) is 0. The van der Waals surface area contributed by atoms with Crippen LogP contribution in [0.5, 0.6) is 0 Å². The molecule has 15 heavy (non-hydrogen) atoms. The maximum atomic E-state index is 9.08. The highest BCUT2D eigenvalue weighted by atomic mass is 16.3. The molecule has 1 fully saturated rings. The molecule has 2 nitrogen and oxygen atoms in total. The third kappa shape index (κ3) is 3.76. The van der Waals surface area contributed by atoms with Gasteiger partial charge in [0.1, 0.15) is 0 Å². The topological polar surface area (TPSA) is 32.3 Å². The predicted octanol–water partition coefficient (Wildman–Crippen LogP) is 2.42. The smallest absolute Gasteiger partial charge is 0.0471 e. The van der Waals surface area contributed by atoms with Crippen molar-refractivity contribution in [2.45, 2.75) is 46.5 Å². The van der Waals surface area contributed by atoms with Gasteiger partial charge in [0.25, 0.3) is 0 Å². The molecule has 1 rings (SSSR count). The molecule has 0 aromatic heterocycles. The van der Waals surface area contributed by atoms with Gasteiger partial charge in [-0.05, 0) is 36.5 Å². The van der Waals surface area contributed by atoms with Gasteiger partial charge in [-0.25, -0.2) is 0 Å². The zero-order valence-corrected chi connectivity index (χ0v) is 10.6. The number of aliphatic hydroxyl groups is 1. The minimum absolute atomic E-state index is 0.313. The van der Waals surface area contributed by atoms with Crippen molar-refractivity contribution in [3.05, 3.63) is 0 Å². The second-order valence-electron chi connectivity index (χ2n) is 5.70.